The van der Waals surface area contributed by atoms with Crippen molar-refractivity contribution in [2.75, 3.05) is 34.4 Å². The Morgan fingerprint density at radius 2 is 1.81 bits per heavy atom. The number of amides is 1. The number of nitrogens with one attached hydrogen (secondary N) is 1. The molecule has 0 atom stereocenters. The molecule has 6 nitrogen and oxygen atoms in total. The summed E-state index contributed by atoms with van der Waals surface area (Å²) < 4.78 is 29.9. The smallest absolute Gasteiger partial charge is 0.251 e. The standard InChI is InChI=1S/C14H22N2O4S/c1-16(2)21(18,19)13-8-6-12(7-9-13)14(17)15-10-4-5-11-20-3/h6-9H,4-5,10-11H2,1-3H3,(H,15,17). The molecule has 1 aromatic rings. The van der Waals surface area contributed by atoms with E-state index in [-0.39, 0.29) is 10.8 Å². The molecule has 0 aromatic heterocycles. The van der Waals surface area contributed by atoms with Gasteiger partial charge in [-0.3, -0.25) is 4.79 Å². The van der Waals surface area contributed by atoms with Crippen molar-refractivity contribution in [3.63, 3.8) is 0 Å². The van der Waals surface area contributed by atoms with Gasteiger partial charge in [-0.15, -0.1) is 0 Å². The van der Waals surface area contributed by atoms with E-state index in [1.165, 1.54) is 38.4 Å². The summed E-state index contributed by atoms with van der Waals surface area (Å²) in [5.41, 5.74) is 0.444. The van der Waals surface area contributed by atoms with Crippen molar-refractivity contribution < 1.29 is 17.9 Å². The van der Waals surface area contributed by atoms with E-state index < -0.39 is 10.0 Å². The van der Waals surface area contributed by atoms with Gasteiger partial charge in [-0.25, -0.2) is 12.7 Å². The molecule has 1 rings (SSSR count). The van der Waals surface area contributed by atoms with Gasteiger partial charge < -0.3 is 10.1 Å². The fourth-order valence-corrected chi connectivity index (χ4v) is 2.57. The fraction of sp³-hybridized carbons (Fsp3) is 0.500. The maximum Gasteiger partial charge on any atom is 0.251 e. The number of benzene rings is 1. The Bertz CT molecular complexity index is 553. The van der Waals surface area contributed by atoms with Gasteiger partial charge in [0.25, 0.3) is 5.91 Å². The molecule has 1 amide bonds. The minimum absolute atomic E-state index is 0.171. The van der Waals surface area contributed by atoms with Gasteiger partial charge in [-0.2, -0.15) is 0 Å². The van der Waals surface area contributed by atoms with Crippen LogP contribution in [0.2, 0.25) is 0 Å². The van der Waals surface area contributed by atoms with Crippen LogP contribution in [0.4, 0.5) is 0 Å². The number of carbonyl (C=O) groups is 1. The van der Waals surface area contributed by atoms with Crippen LogP contribution in [0.15, 0.2) is 29.2 Å². The predicted molar refractivity (Wildman–Crippen MR) is 80.8 cm³/mol. The molecule has 0 spiro atoms. The number of rotatable bonds is 8. The van der Waals surface area contributed by atoms with Crippen molar-refractivity contribution in [1.29, 1.82) is 0 Å². The van der Waals surface area contributed by atoms with Crippen LogP contribution in [0, 0.1) is 0 Å². The molecule has 0 aliphatic heterocycles. The van der Waals surface area contributed by atoms with Gasteiger partial charge in [0.2, 0.25) is 10.0 Å². The van der Waals surface area contributed by atoms with Crippen LogP contribution in [0.3, 0.4) is 0 Å². The number of carbonyl (C=O) groups excluding carboxylic acids is 1. The summed E-state index contributed by atoms with van der Waals surface area (Å²) in [6.07, 6.45) is 1.73. The van der Waals surface area contributed by atoms with Gasteiger partial charge in [0, 0.05) is 39.9 Å². The van der Waals surface area contributed by atoms with Crippen molar-refractivity contribution in [1.82, 2.24) is 9.62 Å². The molecule has 1 N–H and O–H groups in total. The topological polar surface area (TPSA) is 75.7 Å². The Hall–Kier alpha value is -1.44. The third kappa shape index (κ3) is 5.11. The summed E-state index contributed by atoms with van der Waals surface area (Å²) in [5, 5.41) is 2.78. The minimum Gasteiger partial charge on any atom is -0.385 e. The van der Waals surface area contributed by atoms with E-state index in [2.05, 4.69) is 5.32 Å². The molecule has 0 aliphatic rings. The highest BCUT2D eigenvalue weighted by atomic mass is 32.2. The second-order valence-corrected chi connectivity index (χ2v) is 6.92. The maximum atomic E-state index is 11.9. The van der Waals surface area contributed by atoms with Crippen molar-refractivity contribution in [3.8, 4) is 0 Å². The first-order chi connectivity index (χ1) is 9.89. The summed E-state index contributed by atoms with van der Waals surface area (Å²) in [4.78, 5) is 12.0. The van der Waals surface area contributed by atoms with E-state index >= 15 is 0 Å². The third-order valence-corrected chi connectivity index (χ3v) is 4.79. The van der Waals surface area contributed by atoms with Gasteiger partial charge in [-0.05, 0) is 37.1 Å². The highest BCUT2D eigenvalue weighted by Gasteiger charge is 2.17. The lowest BCUT2D eigenvalue weighted by Crippen LogP contribution is -2.25. The lowest BCUT2D eigenvalue weighted by molar-refractivity contribution is 0.0951. The van der Waals surface area contributed by atoms with E-state index in [9.17, 15) is 13.2 Å². The summed E-state index contributed by atoms with van der Waals surface area (Å²) >= 11 is 0. The van der Waals surface area contributed by atoms with E-state index in [4.69, 9.17) is 4.74 Å². The molecule has 0 aliphatic carbocycles. The lowest BCUT2D eigenvalue weighted by atomic mass is 10.2. The first kappa shape index (κ1) is 17.6. The number of ether oxygens (including phenoxy) is 1. The summed E-state index contributed by atoms with van der Waals surface area (Å²) in [5.74, 6) is -0.207. The minimum atomic E-state index is -3.46. The Morgan fingerprint density at radius 3 is 2.33 bits per heavy atom. The van der Waals surface area contributed by atoms with Crippen LogP contribution >= 0.6 is 0 Å². The van der Waals surface area contributed by atoms with Crippen LogP contribution in [0.25, 0.3) is 0 Å². The van der Waals surface area contributed by atoms with Crippen molar-refractivity contribution in [3.05, 3.63) is 29.8 Å². The normalized spacial score (nSPS) is 11.6. The highest BCUT2D eigenvalue weighted by molar-refractivity contribution is 7.89. The molecule has 0 fully saturated rings. The van der Waals surface area contributed by atoms with Gasteiger partial charge in [-0.1, -0.05) is 0 Å². The Labute approximate surface area is 126 Å². The van der Waals surface area contributed by atoms with Gasteiger partial charge >= 0.3 is 0 Å². The molecule has 0 heterocycles. The van der Waals surface area contributed by atoms with Gasteiger partial charge in [0.15, 0.2) is 0 Å². The van der Waals surface area contributed by atoms with Gasteiger partial charge in [0.05, 0.1) is 4.90 Å². The molecule has 0 bridgehead atoms. The molecular formula is C14H22N2O4S. The fourth-order valence-electron chi connectivity index (χ4n) is 1.66. The van der Waals surface area contributed by atoms with E-state index in [1.54, 1.807) is 7.11 Å². The number of hydrogen-bond acceptors (Lipinski definition) is 4. The van der Waals surface area contributed by atoms with Crippen molar-refractivity contribution >= 4 is 15.9 Å². The second-order valence-electron chi connectivity index (χ2n) is 4.77. The molecule has 0 saturated heterocycles. The molecule has 0 unspecified atom stereocenters. The van der Waals surface area contributed by atoms with Crippen LogP contribution in [-0.2, 0) is 14.8 Å². The Balaban J connectivity index is 2.60. The number of nitrogens with zero attached hydrogens (tertiary/aromatic N) is 1. The van der Waals surface area contributed by atoms with Crippen LogP contribution in [-0.4, -0.2) is 53.0 Å². The van der Waals surface area contributed by atoms with Gasteiger partial charge in [0.1, 0.15) is 0 Å². The average Bonchev–Trinajstić information content (AvgIpc) is 2.46. The highest BCUT2D eigenvalue weighted by Crippen LogP contribution is 2.13. The first-order valence-corrected chi connectivity index (χ1v) is 8.13. The molecule has 21 heavy (non-hydrogen) atoms. The second kappa shape index (κ2) is 8.11. The number of sulfonamides is 1. The zero-order valence-electron chi connectivity index (χ0n) is 12.6. The van der Waals surface area contributed by atoms with Crippen LogP contribution < -0.4 is 5.32 Å². The van der Waals surface area contributed by atoms with E-state index in [0.29, 0.717) is 18.7 Å². The number of unbranched alkanes of at least 4 members (excludes halogenated alkanes) is 1. The molecule has 118 valence electrons. The lowest BCUT2D eigenvalue weighted by Gasteiger charge is -2.11. The number of hydrogen-bond donors (Lipinski definition) is 1. The van der Waals surface area contributed by atoms with Crippen LogP contribution in [0.5, 0.6) is 0 Å². The zero-order chi connectivity index (χ0) is 15.9. The summed E-state index contributed by atoms with van der Waals surface area (Å²) in [6, 6.07) is 5.91. The SMILES string of the molecule is COCCCCNC(=O)c1ccc(S(=O)(=O)N(C)C)cc1. The molecule has 0 radical (unpaired) electrons. The summed E-state index contributed by atoms with van der Waals surface area (Å²) in [6.45, 7) is 1.24. The van der Waals surface area contributed by atoms with E-state index in [0.717, 1.165) is 17.1 Å². The molecule has 7 heteroatoms. The number of methoxy groups -OCH3 is 1. The molecule has 1 aromatic carbocycles. The first-order valence-electron chi connectivity index (χ1n) is 6.69. The largest absolute Gasteiger partial charge is 0.385 e. The average molecular weight is 314 g/mol. The Morgan fingerprint density at radius 1 is 1.19 bits per heavy atom. The quantitative estimate of drug-likeness (QED) is 0.729. The maximum absolute atomic E-state index is 11.9. The zero-order valence-corrected chi connectivity index (χ0v) is 13.4. The third-order valence-electron chi connectivity index (χ3n) is 2.96. The molecular weight excluding hydrogens is 292 g/mol. The monoisotopic (exact) mass is 314 g/mol. The summed E-state index contributed by atoms with van der Waals surface area (Å²) in [7, 11) is 1.12. The predicted octanol–water partition coefficient (Wildman–Crippen LogP) is 1.09. The van der Waals surface area contributed by atoms with Crippen molar-refractivity contribution in [2.24, 2.45) is 0 Å². The van der Waals surface area contributed by atoms with Crippen molar-refractivity contribution in [2.45, 2.75) is 17.7 Å². The Kier molecular flexibility index (Phi) is 6.80. The molecule has 0 saturated carbocycles. The van der Waals surface area contributed by atoms with Crippen LogP contribution in [0.1, 0.15) is 23.2 Å². The van der Waals surface area contributed by atoms with E-state index in [1.807, 2.05) is 0 Å².